The predicted octanol–water partition coefficient (Wildman–Crippen LogP) is 5.17. The van der Waals surface area contributed by atoms with Gasteiger partial charge in [-0.25, -0.2) is 0 Å². The quantitative estimate of drug-likeness (QED) is 0.282. The summed E-state index contributed by atoms with van der Waals surface area (Å²) in [6.07, 6.45) is 0. The van der Waals surface area contributed by atoms with Crippen LogP contribution in [-0.2, 0) is 0 Å². The molecule has 0 bridgehead atoms. The molecule has 0 spiro atoms. The molecule has 0 heterocycles. The normalized spacial score (nSPS) is 10.1. The Kier molecular flexibility index (Phi) is 7.07. The van der Waals surface area contributed by atoms with E-state index < -0.39 is 0 Å². The second kappa shape index (κ2) is 9.92. The molecule has 0 aliphatic heterocycles. The Labute approximate surface area is 184 Å². The second-order valence-electron chi connectivity index (χ2n) is 6.37. The molecule has 3 rings (SSSR count). The van der Waals surface area contributed by atoms with E-state index in [1.165, 1.54) is 23.5 Å². The third-order valence-corrected chi connectivity index (χ3v) is 6.57. The number of nitrogen functional groups attached to an aromatic ring is 2. The number of hydrogen-bond acceptors (Lipinski definition) is 6. The summed E-state index contributed by atoms with van der Waals surface area (Å²) in [5.74, 6) is -0.354. The number of anilines is 2. The van der Waals surface area contributed by atoms with E-state index in [1.807, 2.05) is 55.5 Å². The fourth-order valence-corrected chi connectivity index (χ4v) is 4.65. The number of nitriles is 1. The van der Waals surface area contributed by atoms with Crippen LogP contribution in [0.5, 0.6) is 0 Å². The number of thioether (sulfide) groups is 2. The summed E-state index contributed by atoms with van der Waals surface area (Å²) in [5, 5.41) is 12.6. The van der Waals surface area contributed by atoms with Crippen molar-refractivity contribution in [3.8, 4) is 6.07 Å². The standard InChI is InChI=1S/C23H20N4OS2/c1-15-10-12-16(13-11-15)22(28)27-19(14-24)23(29-20-8-4-2-6-17(20)25)30-21-9-5-3-7-18(21)26/h2-13H,25-26H2,1H3,(H,27,28). The summed E-state index contributed by atoms with van der Waals surface area (Å²) in [6.45, 7) is 1.95. The highest BCUT2D eigenvalue weighted by Crippen LogP contribution is 2.44. The smallest absolute Gasteiger partial charge is 0.256 e. The molecule has 3 aromatic carbocycles. The first kappa shape index (κ1) is 21.4. The van der Waals surface area contributed by atoms with Crippen LogP contribution in [0.2, 0.25) is 0 Å². The first-order valence-electron chi connectivity index (χ1n) is 9.05. The lowest BCUT2D eigenvalue weighted by atomic mass is 10.1. The van der Waals surface area contributed by atoms with Crippen LogP contribution in [0.15, 0.2) is 92.5 Å². The monoisotopic (exact) mass is 432 g/mol. The van der Waals surface area contributed by atoms with Gasteiger partial charge in [0.25, 0.3) is 5.91 Å². The Bertz CT molecular complexity index is 1080. The molecule has 0 aliphatic rings. The first-order valence-corrected chi connectivity index (χ1v) is 10.7. The van der Waals surface area contributed by atoms with Crippen LogP contribution in [0.1, 0.15) is 15.9 Å². The van der Waals surface area contributed by atoms with Gasteiger partial charge >= 0.3 is 0 Å². The average Bonchev–Trinajstić information content (AvgIpc) is 2.75. The Hall–Kier alpha value is -3.34. The van der Waals surface area contributed by atoms with Crippen LogP contribution in [-0.4, -0.2) is 5.91 Å². The van der Waals surface area contributed by atoms with Crippen molar-refractivity contribution in [1.82, 2.24) is 5.32 Å². The number of nitrogens with two attached hydrogens (primary N) is 2. The zero-order chi connectivity index (χ0) is 21.5. The molecule has 3 aromatic rings. The van der Waals surface area contributed by atoms with Gasteiger partial charge in [-0.3, -0.25) is 4.79 Å². The Balaban J connectivity index is 1.98. The number of rotatable bonds is 6. The van der Waals surface area contributed by atoms with Gasteiger partial charge in [0.15, 0.2) is 0 Å². The number of carbonyl (C=O) groups is 1. The van der Waals surface area contributed by atoms with Crippen molar-refractivity contribution in [2.45, 2.75) is 16.7 Å². The molecule has 0 radical (unpaired) electrons. The van der Waals surface area contributed by atoms with E-state index in [1.54, 1.807) is 24.3 Å². The van der Waals surface area contributed by atoms with Crippen LogP contribution < -0.4 is 16.8 Å². The highest BCUT2D eigenvalue weighted by atomic mass is 32.2. The van der Waals surface area contributed by atoms with E-state index in [-0.39, 0.29) is 11.6 Å². The largest absolute Gasteiger partial charge is 0.398 e. The van der Waals surface area contributed by atoms with Crippen molar-refractivity contribution in [1.29, 1.82) is 5.26 Å². The number of carbonyl (C=O) groups excluding carboxylic acids is 1. The van der Waals surface area contributed by atoms with Gasteiger partial charge in [-0.1, -0.05) is 65.5 Å². The Morgan fingerprint density at radius 1 is 0.867 bits per heavy atom. The molecule has 7 heteroatoms. The van der Waals surface area contributed by atoms with Crippen LogP contribution in [0.4, 0.5) is 11.4 Å². The summed E-state index contributed by atoms with van der Waals surface area (Å²) in [4.78, 5) is 14.3. The van der Waals surface area contributed by atoms with Crippen molar-refractivity contribution in [2.75, 3.05) is 11.5 Å². The number of hydrogen-bond donors (Lipinski definition) is 3. The van der Waals surface area contributed by atoms with Gasteiger partial charge in [0.05, 0.1) is 4.24 Å². The van der Waals surface area contributed by atoms with Crippen molar-refractivity contribution < 1.29 is 4.79 Å². The van der Waals surface area contributed by atoms with Crippen LogP contribution >= 0.6 is 23.5 Å². The minimum atomic E-state index is -0.354. The number of amides is 1. The third kappa shape index (κ3) is 5.38. The van der Waals surface area contributed by atoms with Gasteiger partial charge in [-0.15, -0.1) is 0 Å². The second-order valence-corrected chi connectivity index (χ2v) is 8.74. The van der Waals surface area contributed by atoms with Crippen molar-refractivity contribution in [3.63, 3.8) is 0 Å². The molecule has 5 N–H and O–H groups in total. The predicted molar refractivity (Wildman–Crippen MR) is 125 cm³/mol. The van der Waals surface area contributed by atoms with E-state index in [4.69, 9.17) is 11.5 Å². The zero-order valence-electron chi connectivity index (χ0n) is 16.3. The molecule has 5 nitrogen and oxygen atoms in total. The average molecular weight is 433 g/mol. The molecule has 0 saturated heterocycles. The SMILES string of the molecule is Cc1ccc(C(=O)NC(C#N)=C(Sc2ccccc2N)Sc2ccccc2N)cc1. The first-order chi connectivity index (χ1) is 14.5. The minimum Gasteiger partial charge on any atom is -0.398 e. The molecule has 0 atom stereocenters. The molecule has 0 aliphatic carbocycles. The maximum atomic E-state index is 12.7. The number of benzene rings is 3. The molecule has 0 saturated carbocycles. The van der Waals surface area contributed by atoms with Gasteiger partial charge in [0.2, 0.25) is 0 Å². The summed E-state index contributed by atoms with van der Waals surface area (Å²) in [5.41, 5.74) is 15.0. The number of nitrogens with one attached hydrogen (secondary N) is 1. The van der Waals surface area contributed by atoms with E-state index >= 15 is 0 Å². The summed E-state index contributed by atoms with van der Waals surface area (Å²) < 4.78 is 0.578. The summed E-state index contributed by atoms with van der Waals surface area (Å²) >= 11 is 2.63. The van der Waals surface area contributed by atoms with E-state index in [0.717, 1.165) is 15.4 Å². The molecule has 30 heavy (non-hydrogen) atoms. The number of para-hydroxylation sites is 2. The Morgan fingerprint density at radius 3 is 1.83 bits per heavy atom. The van der Waals surface area contributed by atoms with Crippen molar-refractivity contribution >= 4 is 40.8 Å². The number of allylic oxidation sites excluding steroid dienone is 1. The Morgan fingerprint density at radius 2 is 1.37 bits per heavy atom. The highest BCUT2D eigenvalue weighted by Gasteiger charge is 2.17. The van der Waals surface area contributed by atoms with Gasteiger partial charge in [-0.2, -0.15) is 5.26 Å². The molecule has 0 aromatic heterocycles. The molecule has 150 valence electrons. The molecule has 0 unspecified atom stereocenters. The summed E-state index contributed by atoms with van der Waals surface area (Å²) in [6, 6.07) is 24.0. The fourth-order valence-electron chi connectivity index (χ4n) is 2.48. The molecule has 1 amide bonds. The lowest BCUT2D eigenvalue weighted by Crippen LogP contribution is -2.22. The van der Waals surface area contributed by atoms with E-state index in [0.29, 0.717) is 21.2 Å². The van der Waals surface area contributed by atoms with Gasteiger partial charge < -0.3 is 16.8 Å². The lowest BCUT2D eigenvalue weighted by molar-refractivity contribution is 0.0967. The number of nitrogens with zero attached hydrogens (tertiary/aromatic N) is 1. The van der Waals surface area contributed by atoms with Gasteiger partial charge in [-0.05, 0) is 43.3 Å². The fraction of sp³-hybridized carbons (Fsp3) is 0.0435. The highest BCUT2D eigenvalue weighted by molar-refractivity contribution is 8.22. The van der Waals surface area contributed by atoms with E-state index in [2.05, 4.69) is 11.4 Å². The van der Waals surface area contributed by atoms with Gasteiger partial charge in [0.1, 0.15) is 11.8 Å². The summed E-state index contributed by atoms with van der Waals surface area (Å²) in [7, 11) is 0. The maximum absolute atomic E-state index is 12.7. The van der Waals surface area contributed by atoms with Crippen LogP contribution in [0.25, 0.3) is 0 Å². The molecular weight excluding hydrogens is 412 g/mol. The lowest BCUT2D eigenvalue weighted by Gasteiger charge is -2.13. The topological polar surface area (TPSA) is 105 Å². The third-order valence-electron chi connectivity index (χ3n) is 4.11. The van der Waals surface area contributed by atoms with Crippen LogP contribution in [0.3, 0.4) is 0 Å². The van der Waals surface area contributed by atoms with E-state index in [9.17, 15) is 10.1 Å². The van der Waals surface area contributed by atoms with Crippen molar-refractivity contribution in [3.05, 3.63) is 93.9 Å². The zero-order valence-corrected chi connectivity index (χ0v) is 17.9. The minimum absolute atomic E-state index is 0.141. The maximum Gasteiger partial charge on any atom is 0.256 e. The van der Waals surface area contributed by atoms with Crippen LogP contribution in [0, 0.1) is 18.3 Å². The molecule has 0 fully saturated rings. The molecular formula is C23H20N4OS2. The number of aryl methyl sites for hydroxylation is 1. The van der Waals surface area contributed by atoms with Gasteiger partial charge in [0, 0.05) is 26.7 Å². The van der Waals surface area contributed by atoms with Crippen molar-refractivity contribution in [2.24, 2.45) is 0 Å².